The SMILES string of the molecule is CCc1ccc2ccc(CN)nc2c1. The maximum atomic E-state index is 5.55. The van der Waals surface area contributed by atoms with Gasteiger partial charge in [0.2, 0.25) is 0 Å². The minimum Gasteiger partial charge on any atom is -0.325 e. The molecule has 2 nitrogen and oxygen atoms in total. The molecule has 0 saturated carbocycles. The van der Waals surface area contributed by atoms with E-state index in [0.717, 1.165) is 17.6 Å². The van der Waals surface area contributed by atoms with E-state index in [4.69, 9.17) is 5.73 Å². The molecule has 0 aliphatic carbocycles. The molecule has 0 atom stereocenters. The summed E-state index contributed by atoms with van der Waals surface area (Å²) in [6.07, 6.45) is 1.05. The number of rotatable bonds is 2. The molecule has 1 heterocycles. The lowest BCUT2D eigenvalue weighted by Gasteiger charge is -2.02. The van der Waals surface area contributed by atoms with Crippen molar-refractivity contribution in [2.24, 2.45) is 5.73 Å². The summed E-state index contributed by atoms with van der Waals surface area (Å²) in [7, 11) is 0. The third-order valence-corrected chi connectivity index (χ3v) is 2.43. The van der Waals surface area contributed by atoms with Gasteiger partial charge in [0.15, 0.2) is 0 Å². The minimum absolute atomic E-state index is 0.506. The summed E-state index contributed by atoms with van der Waals surface area (Å²) in [5.41, 5.74) is 8.87. The molecule has 0 saturated heterocycles. The number of aryl methyl sites for hydroxylation is 1. The van der Waals surface area contributed by atoms with Crippen molar-refractivity contribution in [1.82, 2.24) is 4.98 Å². The monoisotopic (exact) mass is 186 g/mol. The molecule has 2 rings (SSSR count). The van der Waals surface area contributed by atoms with Gasteiger partial charge in [0, 0.05) is 11.9 Å². The van der Waals surface area contributed by atoms with Gasteiger partial charge in [-0.2, -0.15) is 0 Å². The van der Waals surface area contributed by atoms with E-state index in [2.05, 4.69) is 36.2 Å². The van der Waals surface area contributed by atoms with Crippen LogP contribution < -0.4 is 5.73 Å². The van der Waals surface area contributed by atoms with Gasteiger partial charge >= 0.3 is 0 Å². The van der Waals surface area contributed by atoms with Crippen LogP contribution in [0.15, 0.2) is 30.3 Å². The lowest BCUT2D eigenvalue weighted by atomic mass is 10.1. The zero-order valence-corrected chi connectivity index (χ0v) is 8.33. The topological polar surface area (TPSA) is 38.9 Å². The molecule has 0 fully saturated rings. The van der Waals surface area contributed by atoms with Crippen LogP contribution in [0.25, 0.3) is 10.9 Å². The fourth-order valence-electron chi connectivity index (χ4n) is 1.54. The third kappa shape index (κ3) is 1.61. The van der Waals surface area contributed by atoms with Gasteiger partial charge in [0.1, 0.15) is 0 Å². The third-order valence-electron chi connectivity index (χ3n) is 2.43. The Bertz CT molecular complexity index is 410. The second-order valence-corrected chi connectivity index (χ2v) is 3.39. The summed E-state index contributed by atoms with van der Waals surface area (Å²) >= 11 is 0. The highest BCUT2D eigenvalue weighted by molar-refractivity contribution is 5.79. The summed E-state index contributed by atoms with van der Waals surface area (Å²) in [6, 6.07) is 10.4. The van der Waals surface area contributed by atoms with E-state index >= 15 is 0 Å². The van der Waals surface area contributed by atoms with Crippen LogP contribution >= 0.6 is 0 Å². The van der Waals surface area contributed by atoms with Gasteiger partial charge in [0.05, 0.1) is 11.2 Å². The molecule has 2 heteroatoms. The van der Waals surface area contributed by atoms with Crippen molar-refractivity contribution in [3.63, 3.8) is 0 Å². The van der Waals surface area contributed by atoms with Gasteiger partial charge in [-0.05, 0) is 24.1 Å². The second-order valence-electron chi connectivity index (χ2n) is 3.39. The average Bonchev–Trinajstić information content (AvgIpc) is 2.27. The van der Waals surface area contributed by atoms with Gasteiger partial charge in [-0.1, -0.05) is 25.1 Å². The van der Waals surface area contributed by atoms with Crippen LogP contribution in [0.4, 0.5) is 0 Å². The number of nitrogens with two attached hydrogens (primary N) is 1. The Labute approximate surface area is 83.8 Å². The van der Waals surface area contributed by atoms with E-state index in [1.54, 1.807) is 0 Å². The van der Waals surface area contributed by atoms with Crippen molar-refractivity contribution in [2.45, 2.75) is 19.9 Å². The first-order valence-electron chi connectivity index (χ1n) is 4.92. The fraction of sp³-hybridized carbons (Fsp3) is 0.250. The Morgan fingerprint density at radius 3 is 2.71 bits per heavy atom. The smallest absolute Gasteiger partial charge is 0.0708 e. The van der Waals surface area contributed by atoms with Crippen molar-refractivity contribution in [2.75, 3.05) is 0 Å². The fourth-order valence-corrected chi connectivity index (χ4v) is 1.54. The molecule has 0 aliphatic rings. The highest BCUT2D eigenvalue weighted by Gasteiger charge is 1.97. The van der Waals surface area contributed by atoms with E-state index in [0.29, 0.717) is 6.54 Å². The van der Waals surface area contributed by atoms with E-state index in [1.165, 1.54) is 10.9 Å². The van der Waals surface area contributed by atoms with Crippen molar-refractivity contribution < 1.29 is 0 Å². The molecular weight excluding hydrogens is 172 g/mol. The molecule has 14 heavy (non-hydrogen) atoms. The van der Waals surface area contributed by atoms with Gasteiger partial charge in [-0.25, -0.2) is 0 Å². The molecule has 0 radical (unpaired) electrons. The Balaban J connectivity index is 2.60. The first-order chi connectivity index (χ1) is 6.83. The number of hydrogen-bond donors (Lipinski definition) is 1. The Morgan fingerprint density at radius 2 is 2.00 bits per heavy atom. The Hall–Kier alpha value is -1.41. The van der Waals surface area contributed by atoms with E-state index in [-0.39, 0.29) is 0 Å². The van der Waals surface area contributed by atoms with Gasteiger partial charge in [-0.3, -0.25) is 4.98 Å². The predicted octanol–water partition coefficient (Wildman–Crippen LogP) is 2.26. The molecule has 0 spiro atoms. The number of pyridine rings is 1. The summed E-state index contributed by atoms with van der Waals surface area (Å²) in [5.74, 6) is 0. The summed E-state index contributed by atoms with van der Waals surface area (Å²) in [4.78, 5) is 4.48. The highest BCUT2D eigenvalue weighted by atomic mass is 14.7. The van der Waals surface area contributed by atoms with Crippen molar-refractivity contribution >= 4 is 10.9 Å². The summed E-state index contributed by atoms with van der Waals surface area (Å²) < 4.78 is 0. The number of fused-ring (bicyclic) bond motifs is 1. The molecule has 0 amide bonds. The number of nitrogens with zero attached hydrogens (tertiary/aromatic N) is 1. The largest absolute Gasteiger partial charge is 0.325 e. The second kappa shape index (κ2) is 3.76. The minimum atomic E-state index is 0.506. The molecule has 1 aromatic heterocycles. The quantitative estimate of drug-likeness (QED) is 0.781. The summed E-state index contributed by atoms with van der Waals surface area (Å²) in [5, 5.41) is 1.18. The Kier molecular flexibility index (Phi) is 2.46. The lowest BCUT2D eigenvalue weighted by molar-refractivity contribution is 1.01. The maximum Gasteiger partial charge on any atom is 0.0708 e. The standard InChI is InChI=1S/C12H14N2/c1-2-9-3-4-10-5-6-11(8-13)14-12(10)7-9/h3-7H,2,8,13H2,1H3. The van der Waals surface area contributed by atoms with Crippen LogP contribution in [-0.4, -0.2) is 4.98 Å². The molecule has 0 aliphatic heterocycles. The average molecular weight is 186 g/mol. The molecule has 0 bridgehead atoms. The van der Waals surface area contributed by atoms with Gasteiger partial charge in [0.25, 0.3) is 0 Å². The van der Waals surface area contributed by atoms with Crippen LogP contribution in [0.3, 0.4) is 0 Å². The number of aromatic nitrogens is 1. The predicted molar refractivity (Wildman–Crippen MR) is 59.0 cm³/mol. The van der Waals surface area contributed by atoms with E-state index in [9.17, 15) is 0 Å². The molecule has 2 aromatic rings. The van der Waals surface area contributed by atoms with Crippen molar-refractivity contribution in [3.05, 3.63) is 41.6 Å². The molecule has 1 aromatic carbocycles. The van der Waals surface area contributed by atoms with E-state index < -0.39 is 0 Å². The van der Waals surface area contributed by atoms with Gasteiger partial charge < -0.3 is 5.73 Å². The lowest BCUT2D eigenvalue weighted by Crippen LogP contribution is -1.99. The first kappa shape index (κ1) is 9.16. The van der Waals surface area contributed by atoms with Crippen LogP contribution in [-0.2, 0) is 13.0 Å². The molecule has 72 valence electrons. The van der Waals surface area contributed by atoms with Crippen LogP contribution in [0.1, 0.15) is 18.2 Å². The normalized spacial score (nSPS) is 10.7. The summed E-state index contributed by atoms with van der Waals surface area (Å²) in [6.45, 7) is 2.65. The van der Waals surface area contributed by atoms with E-state index in [1.807, 2.05) is 6.07 Å². The molecular formula is C12H14N2. The zero-order chi connectivity index (χ0) is 9.97. The van der Waals surface area contributed by atoms with Crippen molar-refractivity contribution in [3.8, 4) is 0 Å². The molecule has 0 unspecified atom stereocenters. The van der Waals surface area contributed by atoms with Crippen LogP contribution in [0.2, 0.25) is 0 Å². The zero-order valence-electron chi connectivity index (χ0n) is 8.33. The Morgan fingerprint density at radius 1 is 1.21 bits per heavy atom. The highest BCUT2D eigenvalue weighted by Crippen LogP contribution is 2.14. The number of benzene rings is 1. The first-order valence-corrected chi connectivity index (χ1v) is 4.92. The van der Waals surface area contributed by atoms with Crippen LogP contribution in [0, 0.1) is 0 Å². The van der Waals surface area contributed by atoms with Crippen molar-refractivity contribution in [1.29, 1.82) is 0 Å². The number of hydrogen-bond acceptors (Lipinski definition) is 2. The molecule has 2 N–H and O–H groups in total. The van der Waals surface area contributed by atoms with Gasteiger partial charge in [-0.15, -0.1) is 0 Å². The maximum absolute atomic E-state index is 5.55. The van der Waals surface area contributed by atoms with Crippen LogP contribution in [0.5, 0.6) is 0 Å².